The summed E-state index contributed by atoms with van der Waals surface area (Å²) in [7, 11) is 0. The molecular weight excluding hydrogens is 314 g/mol. The van der Waals surface area contributed by atoms with E-state index in [4.69, 9.17) is 16.0 Å². The van der Waals surface area contributed by atoms with Crippen molar-refractivity contribution in [1.82, 2.24) is 15.1 Å². The largest absolute Gasteiger partial charge is 0.469 e. The second kappa shape index (κ2) is 6.87. The Labute approximate surface area is 139 Å². The number of furan rings is 1. The Morgan fingerprint density at radius 1 is 1.39 bits per heavy atom. The van der Waals surface area contributed by atoms with Crippen LogP contribution in [0.5, 0.6) is 0 Å². The van der Waals surface area contributed by atoms with Gasteiger partial charge in [-0.15, -0.1) is 0 Å². The number of hydrogen-bond acceptors (Lipinski definition) is 3. The van der Waals surface area contributed by atoms with Crippen molar-refractivity contribution >= 4 is 28.4 Å². The van der Waals surface area contributed by atoms with Crippen LogP contribution in [0.15, 0.2) is 47.2 Å². The molecule has 0 saturated carbocycles. The van der Waals surface area contributed by atoms with Gasteiger partial charge >= 0.3 is 0 Å². The van der Waals surface area contributed by atoms with E-state index >= 15 is 0 Å². The van der Waals surface area contributed by atoms with Crippen LogP contribution in [-0.2, 0) is 17.8 Å². The molecule has 1 aromatic carbocycles. The highest BCUT2D eigenvalue weighted by molar-refractivity contribution is 6.35. The molecule has 0 saturated heterocycles. The van der Waals surface area contributed by atoms with Crippen molar-refractivity contribution < 1.29 is 9.21 Å². The van der Waals surface area contributed by atoms with Gasteiger partial charge in [-0.3, -0.25) is 9.48 Å². The molecule has 0 aliphatic heterocycles. The van der Waals surface area contributed by atoms with Crippen molar-refractivity contribution in [2.75, 3.05) is 0 Å². The first-order valence-corrected chi connectivity index (χ1v) is 7.93. The number of hydrogen-bond donors (Lipinski definition) is 1. The summed E-state index contributed by atoms with van der Waals surface area (Å²) in [6, 6.07) is 9.44. The van der Waals surface area contributed by atoms with E-state index < -0.39 is 0 Å². The summed E-state index contributed by atoms with van der Waals surface area (Å²) in [5, 5.41) is 8.73. The highest BCUT2D eigenvalue weighted by atomic mass is 35.5. The standard InChI is InChI=1S/C17H18ClN3O2/c1-12(7-8-13-4-3-9-23-13)20-17(22)11-21-16-6-2-5-15(18)14(16)10-19-21/h2-6,9-10,12H,7-8,11H2,1H3,(H,20,22)/t12-/m1/s1. The van der Waals surface area contributed by atoms with Crippen LogP contribution in [0.4, 0.5) is 0 Å². The normalized spacial score (nSPS) is 12.4. The number of benzene rings is 1. The summed E-state index contributed by atoms with van der Waals surface area (Å²) >= 11 is 6.12. The average Bonchev–Trinajstić information content (AvgIpc) is 3.16. The number of aromatic nitrogens is 2. The Kier molecular flexibility index (Phi) is 4.67. The number of carbonyl (C=O) groups excluding carboxylic acids is 1. The second-order valence-corrected chi connectivity index (χ2v) is 5.97. The maximum absolute atomic E-state index is 12.2. The smallest absolute Gasteiger partial charge is 0.241 e. The van der Waals surface area contributed by atoms with Crippen molar-refractivity contribution in [2.45, 2.75) is 32.4 Å². The number of nitrogens with zero attached hydrogens (tertiary/aromatic N) is 2. The molecule has 0 aliphatic carbocycles. The minimum absolute atomic E-state index is 0.0676. The SMILES string of the molecule is C[C@H](CCc1ccco1)NC(=O)Cn1ncc2c(Cl)cccc21. The van der Waals surface area contributed by atoms with Crippen molar-refractivity contribution in [3.05, 3.63) is 53.6 Å². The van der Waals surface area contributed by atoms with E-state index in [1.165, 1.54) is 0 Å². The lowest BCUT2D eigenvalue weighted by Crippen LogP contribution is -2.35. The minimum atomic E-state index is -0.0677. The van der Waals surface area contributed by atoms with Crippen LogP contribution >= 0.6 is 11.6 Å². The minimum Gasteiger partial charge on any atom is -0.469 e. The van der Waals surface area contributed by atoms with Gasteiger partial charge < -0.3 is 9.73 Å². The lowest BCUT2D eigenvalue weighted by molar-refractivity contribution is -0.122. The van der Waals surface area contributed by atoms with E-state index in [0.717, 1.165) is 29.5 Å². The van der Waals surface area contributed by atoms with E-state index in [0.29, 0.717) is 5.02 Å². The summed E-state index contributed by atoms with van der Waals surface area (Å²) in [4.78, 5) is 12.2. The Balaban J connectivity index is 1.57. The summed E-state index contributed by atoms with van der Waals surface area (Å²) < 4.78 is 6.96. The van der Waals surface area contributed by atoms with Gasteiger partial charge in [-0.05, 0) is 37.6 Å². The van der Waals surface area contributed by atoms with Gasteiger partial charge in [0.25, 0.3) is 0 Å². The predicted octanol–water partition coefficient (Wildman–Crippen LogP) is 3.42. The second-order valence-electron chi connectivity index (χ2n) is 5.56. The number of fused-ring (bicyclic) bond motifs is 1. The number of carbonyl (C=O) groups is 1. The molecule has 6 heteroatoms. The van der Waals surface area contributed by atoms with E-state index in [9.17, 15) is 4.79 Å². The molecule has 2 aromatic heterocycles. The number of amides is 1. The van der Waals surface area contributed by atoms with Gasteiger partial charge in [0.05, 0.1) is 23.0 Å². The number of aryl methyl sites for hydroxylation is 1. The van der Waals surface area contributed by atoms with Crippen molar-refractivity contribution in [1.29, 1.82) is 0 Å². The highest BCUT2D eigenvalue weighted by Crippen LogP contribution is 2.22. The molecule has 0 aliphatic rings. The average molecular weight is 332 g/mol. The van der Waals surface area contributed by atoms with Gasteiger partial charge in [0.1, 0.15) is 12.3 Å². The number of halogens is 1. The first kappa shape index (κ1) is 15.6. The van der Waals surface area contributed by atoms with E-state index in [-0.39, 0.29) is 18.5 Å². The van der Waals surface area contributed by atoms with Gasteiger partial charge in [-0.25, -0.2) is 0 Å². The Morgan fingerprint density at radius 3 is 3.04 bits per heavy atom. The lowest BCUT2D eigenvalue weighted by Gasteiger charge is -2.13. The molecule has 1 N–H and O–H groups in total. The van der Waals surface area contributed by atoms with Crippen LogP contribution in [0.2, 0.25) is 5.02 Å². The first-order valence-electron chi connectivity index (χ1n) is 7.55. The molecule has 120 valence electrons. The van der Waals surface area contributed by atoms with Crippen LogP contribution in [0.3, 0.4) is 0 Å². The molecule has 2 heterocycles. The number of nitrogens with one attached hydrogen (secondary N) is 1. The fourth-order valence-electron chi connectivity index (χ4n) is 2.54. The predicted molar refractivity (Wildman–Crippen MR) is 89.4 cm³/mol. The quantitative estimate of drug-likeness (QED) is 0.753. The topological polar surface area (TPSA) is 60.1 Å². The monoisotopic (exact) mass is 331 g/mol. The van der Waals surface area contributed by atoms with Crippen LogP contribution in [-0.4, -0.2) is 21.7 Å². The van der Waals surface area contributed by atoms with Crippen molar-refractivity contribution in [3.8, 4) is 0 Å². The van der Waals surface area contributed by atoms with E-state index in [2.05, 4.69) is 10.4 Å². The van der Waals surface area contributed by atoms with Gasteiger partial charge in [0.2, 0.25) is 5.91 Å². The zero-order chi connectivity index (χ0) is 16.2. The molecule has 3 aromatic rings. The summed E-state index contributed by atoms with van der Waals surface area (Å²) in [6.07, 6.45) is 4.97. The van der Waals surface area contributed by atoms with Crippen molar-refractivity contribution in [2.24, 2.45) is 0 Å². The molecule has 5 nitrogen and oxygen atoms in total. The van der Waals surface area contributed by atoms with Gasteiger partial charge in [0, 0.05) is 17.8 Å². The van der Waals surface area contributed by atoms with Crippen LogP contribution < -0.4 is 5.32 Å². The molecule has 0 fully saturated rings. The van der Waals surface area contributed by atoms with Crippen molar-refractivity contribution in [3.63, 3.8) is 0 Å². The van der Waals surface area contributed by atoms with E-state index in [1.807, 2.05) is 37.3 Å². The molecular formula is C17H18ClN3O2. The van der Waals surface area contributed by atoms with Crippen LogP contribution in [0, 0.1) is 0 Å². The molecule has 0 unspecified atom stereocenters. The van der Waals surface area contributed by atoms with Crippen LogP contribution in [0.25, 0.3) is 10.9 Å². The Morgan fingerprint density at radius 2 is 2.26 bits per heavy atom. The lowest BCUT2D eigenvalue weighted by atomic mass is 10.1. The molecule has 0 bridgehead atoms. The van der Waals surface area contributed by atoms with E-state index in [1.54, 1.807) is 17.1 Å². The summed E-state index contributed by atoms with van der Waals surface area (Å²) in [5.41, 5.74) is 0.857. The van der Waals surface area contributed by atoms with Gasteiger partial charge in [-0.1, -0.05) is 17.7 Å². The molecule has 0 spiro atoms. The fraction of sp³-hybridized carbons (Fsp3) is 0.294. The third-order valence-electron chi connectivity index (χ3n) is 3.74. The zero-order valence-corrected chi connectivity index (χ0v) is 13.6. The number of rotatable bonds is 6. The highest BCUT2D eigenvalue weighted by Gasteiger charge is 2.12. The van der Waals surface area contributed by atoms with Gasteiger partial charge in [-0.2, -0.15) is 5.10 Å². The van der Waals surface area contributed by atoms with Gasteiger partial charge in [0.15, 0.2) is 0 Å². The van der Waals surface area contributed by atoms with Crippen LogP contribution in [0.1, 0.15) is 19.1 Å². The third-order valence-corrected chi connectivity index (χ3v) is 4.07. The summed E-state index contributed by atoms with van der Waals surface area (Å²) in [5.74, 6) is 0.862. The fourth-order valence-corrected chi connectivity index (χ4v) is 2.75. The Hall–Kier alpha value is -2.27. The first-order chi connectivity index (χ1) is 11.1. The molecule has 0 radical (unpaired) electrons. The Bertz CT molecular complexity index is 795. The summed E-state index contributed by atoms with van der Waals surface area (Å²) in [6.45, 7) is 2.16. The molecule has 1 amide bonds. The maximum atomic E-state index is 12.2. The molecule has 23 heavy (non-hydrogen) atoms. The third kappa shape index (κ3) is 3.74. The molecule has 1 atom stereocenters. The maximum Gasteiger partial charge on any atom is 0.241 e. The molecule has 3 rings (SSSR count). The zero-order valence-electron chi connectivity index (χ0n) is 12.8.